The van der Waals surface area contributed by atoms with Crippen LogP contribution in [0.25, 0.3) is 0 Å². The minimum Gasteiger partial charge on any atom is -0.495 e. The molecule has 0 saturated carbocycles. The summed E-state index contributed by atoms with van der Waals surface area (Å²) in [6.45, 7) is 3.90. The number of hydrogen-bond donors (Lipinski definition) is 1. The molecule has 0 heterocycles. The first kappa shape index (κ1) is 34.7. The molecule has 10 heteroatoms. The predicted molar refractivity (Wildman–Crippen MR) is 185 cm³/mol. The Hall–Kier alpha value is -4.15. The first-order valence-electron chi connectivity index (χ1n) is 15.2. The summed E-state index contributed by atoms with van der Waals surface area (Å²) in [5, 5.41) is 3.01. The summed E-state index contributed by atoms with van der Waals surface area (Å²) in [6.07, 6.45) is 1.94. The van der Waals surface area contributed by atoms with Crippen LogP contribution >= 0.6 is 15.9 Å². The molecule has 46 heavy (non-hydrogen) atoms. The molecule has 0 aliphatic rings. The summed E-state index contributed by atoms with van der Waals surface area (Å²) in [5.74, 6) is -0.540. The average Bonchev–Trinajstić information content (AvgIpc) is 3.05. The van der Waals surface area contributed by atoms with Gasteiger partial charge in [-0.2, -0.15) is 0 Å². The molecule has 4 aromatic rings. The van der Waals surface area contributed by atoms with Gasteiger partial charge in [-0.15, -0.1) is 0 Å². The number of hydrogen-bond acceptors (Lipinski definition) is 5. The van der Waals surface area contributed by atoms with E-state index in [-0.39, 0.29) is 29.5 Å². The zero-order valence-electron chi connectivity index (χ0n) is 26.4. The number of ether oxygens (including phenoxy) is 1. The number of anilines is 1. The van der Waals surface area contributed by atoms with E-state index in [1.165, 1.54) is 24.1 Å². The fraction of sp³-hybridized carbons (Fsp3) is 0.278. The number of nitrogens with one attached hydrogen (secondary N) is 1. The summed E-state index contributed by atoms with van der Waals surface area (Å²) in [7, 11) is -2.78. The minimum absolute atomic E-state index is 0.0356. The number of sulfonamides is 1. The third-order valence-electron chi connectivity index (χ3n) is 7.58. The maximum Gasteiger partial charge on any atom is 0.264 e. The lowest BCUT2D eigenvalue weighted by Gasteiger charge is -2.34. The van der Waals surface area contributed by atoms with Crippen molar-refractivity contribution in [3.8, 4) is 5.75 Å². The highest BCUT2D eigenvalue weighted by Crippen LogP contribution is 2.33. The molecule has 0 aliphatic heterocycles. The second kappa shape index (κ2) is 16.4. The van der Waals surface area contributed by atoms with Gasteiger partial charge < -0.3 is 15.0 Å². The van der Waals surface area contributed by atoms with Crippen molar-refractivity contribution in [2.24, 2.45) is 0 Å². The van der Waals surface area contributed by atoms with E-state index < -0.39 is 28.5 Å². The van der Waals surface area contributed by atoms with Crippen molar-refractivity contribution in [1.29, 1.82) is 0 Å². The Labute approximate surface area is 280 Å². The molecule has 0 unspecified atom stereocenters. The van der Waals surface area contributed by atoms with Gasteiger partial charge in [0.05, 0.1) is 17.7 Å². The molecule has 0 bridgehead atoms. The van der Waals surface area contributed by atoms with Crippen molar-refractivity contribution < 1.29 is 22.7 Å². The van der Waals surface area contributed by atoms with E-state index in [1.54, 1.807) is 36.4 Å². The van der Waals surface area contributed by atoms with Gasteiger partial charge in [-0.3, -0.25) is 13.9 Å². The second-order valence-corrected chi connectivity index (χ2v) is 13.8. The molecular weight excluding hydrogens is 666 g/mol. The average molecular weight is 707 g/mol. The van der Waals surface area contributed by atoms with Gasteiger partial charge in [-0.05, 0) is 60.9 Å². The topological polar surface area (TPSA) is 96.0 Å². The first-order valence-corrected chi connectivity index (χ1v) is 17.4. The van der Waals surface area contributed by atoms with Crippen molar-refractivity contribution in [2.45, 2.75) is 50.6 Å². The summed E-state index contributed by atoms with van der Waals surface area (Å²) in [6, 6.07) is 29.2. The number of unbranched alkanes of at least 4 members (excludes halogenated alkanes) is 1. The molecule has 1 atom stereocenters. The van der Waals surface area contributed by atoms with Gasteiger partial charge in [-0.1, -0.05) is 102 Å². The van der Waals surface area contributed by atoms with E-state index in [1.807, 2.05) is 68.4 Å². The largest absolute Gasteiger partial charge is 0.495 e. The van der Waals surface area contributed by atoms with Gasteiger partial charge in [0, 0.05) is 24.0 Å². The molecule has 4 aromatic carbocycles. The summed E-state index contributed by atoms with van der Waals surface area (Å²) in [4.78, 5) is 30.0. The van der Waals surface area contributed by atoms with E-state index in [0.717, 1.165) is 38.3 Å². The molecule has 8 nitrogen and oxygen atoms in total. The van der Waals surface area contributed by atoms with E-state index in [9.17, 15) is 18.0 Å². The predicted octanol–water partition coefficient (Wildman–Crippen LogP) is 6.52. The molecular formula is C36H40BrN3O5S. The molecule has 4 rings (SSSR count). The van der Waals surface area contributed by atoms with Crippen LogP contribution < -0.4 is 14.4 Å². The lowest BCUT2D eigenvalue weighted by Crippen LogP contribution is -2.53. The van der Waals surface area contributed by atoms with Crippen LogP contribution in [0.3, 0.4) is 0 Å². The van der Waals surface area contributed by atoms with Gasteiger partial charge in [0.15, 0.2) is 0 Å². The highest BCUT2D eigenvalue weighted by Gasteiger charge is 2.35. The van der Waals surface area contributed by atoms with Gasteiger partial charge in [0.2, 0.25) is 11.8 Å². The Balaban J connectivity index is 1.82. The summed E-state index contributed by atoms with van der Waals surface area (Å²) in [5.41, 5.74) is 2.77. The molecule has 0 aliphatic carbocycles. The Bertz CT molecular complexity index is 1720. The van der Waals surface area contributed by atoms with Crippen molar-refractivity contribution >= 4 is 43.5 Å². The third-order valence-corrected chi connectivity index (χ3v) is 9.85. The summed E-state index contributed by atoms with van der Waals surface area (Å²) >= 11 is 3.51. The van der Waals surface area contributed by atoms with Crippen molar-refractivity contribution in [3.05, 3.63) is 124 Å². The number of halogens is 1. The highest BCUT2D eigenvalue weighted by atomic mass is 79.9. The number of nitrogens with zero attached hydrogens (tertiary/aromatic N) is 2. The second-order valence-electron chi connectivity index (χ2n) is 11.0. The first-order chi connectivity index (χ1) is 22.1. The van der Waals surface area contributed by atoms with Crippen LogP contribution in [0.5, 0.6) is 5.75 Å². The van der Waals surface area contributed by atoms with E-state index in [2.05, 4.69) is 21.2 Å². The number of carbonyl (C=O) groups excluding carboxylic acids is 2. The fourth-order valence-corrected chi connectivity index (χ4v) is 6.95. The van der Waals surface area contributed by atoms with Gasteiger partial charge in [-0.25, -0.2) is 8.42 Å². The standard InChI is InChI=1S/C36H40BrN3O5S/c1-4-5-22-38-36(42)33(24-28-12-7-6-8-13-28)39(25-29-14-11-15-30(37)23-29)35(41)26-40(32-16-9-10-17-34(32)45-3)46(43,44)31-20-18-27(2)19-21-31/h6-21,23,33H,4-5,22,24-26H2,1-3H3,(H,38,42)/t33-/m1/s1. The molecule has 0 fully saturated rings. The van der Waals surface area contributed by atoms with E-state index in [0.29, 0.717) is 12.3 Å². The van der Waals surface area contributed by atoms with Crippen LogP contribution in [0.1, 0.15) is 36.5 Å². The van der Waals surface area contributed by atoms with Crippen LogP contribution in [0.4, 0.5) is 5.69 Å². The number of amides is 2. The quantitative estimate of drug-likeness (QED) is 0.142. The zero-order valence-corrected chi connectivity index (χ0v) is 28.8. The van der Waals surface area contributed by atoms with Crippen LogP contribution in [-0.4, -0.2) is 51.4 Å². The SMILES string of the molecule is CCCCNC(=O)[C@@H](Cc1ccccc1)N(Cc1cccc(Br)c1)C(=O)CN(c1ccccc1OC)S(=O)(=O)c1ccc(C)cc1. The number of methoxy groups -OCH3 is 1. The molecule has 0 aromatic heterocycles. The van der Waals surface area contributed by atoms with Crippen LogP contribution in [0.2, 0.25) is 0 Å². The lowest BCUT2D eigenvalue weighted by molar-refractivity contribution is -0.140. The van der Waals surface area contributed by atoms with Gasteiger partial charge >= 0.3 is 0 Å². The minimum atomic E-state index is -4.24. The number of aryl methyl sites for hydroxylation is 1. The van der Waals surface area contributed by atoms with Crippen LogP contribution in [0, 0.1) is 6.92 Å². The molecule has 0 saturated heterocycles. The molecule has 1 N–H and O–H groups in total. The van der Waals surface area contributed by atoms with Crippen molar-refractivity contribution in [3.63, 3.8) is 0 Å². The lowest BCUT2D eigenvalue weighted by atomic mass is 10.0. The van der Waals surface area contributed by atoms with Crippen molar-refractivity contribution in [2.75, 3.05) is 24.5 Å². The van der Waals surface area contributed by atoms with Crippen LogP contribution in [-0.2, 0) is 32.6 Å². The molecule has 2 amide bonds. The van der Waals surface area contributed by atoms with Crippen molar-refractivity contribution in [1.82, 2.24) is 10.2 Å². The molecule has 0 spiro atoms. The van der Waals surface area contributed by atoms with Gasteiger partial charge in [0.25, 0.3) is 10.0 Å². The monoisotopic (exact) mass is 705 g/mol. The van der Waals surface area contributed by atoms with Crippen LogP contribution in [0.15, 0.2) is 112 Å². The molecule has 0 radical (unpaired) electrons. The molecule has 242 valence electrons. The number of para-hydroxylation sites is 2. The maximum atomic E-state index is 14.6. The maximum absolute atomic E-state index is 14.6. The number of benzene rings is 4. The Morgan fingerprint density at radius 1 is 0.891 bits per heavy atom. The summed E-state index contributed by atoms with van der Waals surface area (Å²) < 4.78 is 36.0. The van der Waals surface area contributed by atoms with E-state index >= 15 is 0 Å². The van der Waals surface area contributed by atoms with Gasteiger partial charge in [0.1, 0.15) is 18.3 Å². The smallest absolute Gasteiger partial charge is 0.264 e. The zero-order chi connectivity index (χ0) is 33.1. The number of carbonyl (C=O) groups is 2. The fourth-order valence-electron chi connectivity index (χ4n) is 5.08. The highest BCUT2D eigenvalue weighted by molar-refractivity contribution is 9.10. The Morgan fingerprint density at radius 2 is 1.57 bits per heavy atom. The normalized spacial score (nSPS) is 11.8. The van der Waals surface area contributed by atoms with E-state index in [4.69, 9.17) is 4.74 Å². The Kier molecular flexibility index (Phi) is 12.4. The number of rotatable bonds is 15. The Morgan fingerprint density at radius 3 is 2.24 bits per heavy atom. The third kappa shape index (κ3) is 8.98.